The average Bonchev–Trinajstić information content (AvgIpc) is 3.62. The summed E-state index contributed by atoms with van der Waals surface area (Å²) >= 11 is 0. The zero-order valence-corrected chi connectivity index (χ0v) is 42.5. The molecule has 3 aromatic rings. The van der Waals surface area contributed by atoms with Crippen LogP contribution < -0.4 is 27.2 Å². The summed E-state index contributed by atoms with van der Waals surface area (Å²) in [7, 11) is 0. The molecule has 0 spiro atoms. The molecular formula is C55H73N9O8. The minimum absolute atomic E-state index is 0.000987. The first kappa shape index (κ1) is 53.4. The van der Waals surface area contributed by atoms with Gasteiger partial charge in [-0.3, -0.25) is 38.6 Å². The van der Waals surface area contributed by atoms with Gasteiger partial charge >= 0.3 is 0 Å². The molecule has 0 bridgehead atoms. The highest BCUT2D eigenvalue weighted by molar-refractivity contribution is 6.25. The number of piperazine rings is 1. The molecule has 6 N–H and O–H groups in total. The summed E-state index contributed by atoms with van der Waals surface area (Å²) in [5, 5.41) is 9.70. The van der Waals surface area contributed by atoms with Gasteiger partial charge < -0.3 is 46.0 Å². The van der Waals surface area contributed by atoms with Gasteiger partial charge in [-0.25, -0.2) is 0 Å². The zero-order chi connectivity index (χ0) is 51.3. The van der Waals surface area contributed by atoms with Crippen molar-refractivity contribution in [1.29, 1.82) is 0 Å². The number of fused-ring (bicyclic) bond motifs is 1. The molecule has 0 radical (unpaired) electrons. The van der Waals surface area contributed by atoms with E-state index in [-0.39, 0.29) is 53.8 Å². The number of imide groups is 1. The number of likely N-dealkylation sites (N-methyl/N-ethyl adjacent to an activating group) is 1. The van der Waals surface area contributed by atoms with Gasteiger partial charge in [0, 0.05) is 101 Å². The molecular weight excluding hydrogens is 915 g/mol. The van der Waals surface area contributed by atoms with Crippen molar-refractivity contribution in [2.75, 3.05) is 70.9 Å². The Morgan fingerprint density at radius 2 is 1.65 bits per heavy atom. The fourth-order valence-electron chi connectivity index (χ4n) is 10.6. The number of carbonyl (C=O) groups is 6. The lowest BCUT2D eigenvalue weighted by molar-refractivity contribution is -0.132. The van der Waals surface area contributed by atoms with Crippen LogP contribution in [0, 0.1) is 19.8 Å². The monoisotopic (exact) mass is 988 g/mol. The molecule has 3 aliphatic heterocycles. The third kappa shape index (κ3) is 13.0. The molecule has 386 valence electrons. The molecule has 4 aliphatic rings. The Labute approximate surface area is 423 Å². The summed E-state index contributed by atoms with van der Waals surface area (Å²) in [6.07, 6.45) is 8.95. The van der Waals surface area contributed by atoms with Crippen LogP contribution in [0.4, 0.5) is 5.69 Å². The number of aldehydes is 1. The lowest BCUT2D eigenvalue weighted by Gasteiger charge is -2.39. The number of nitrogens with zero attached hydrogens (tertiary/aromatic N) is 4. The number of carbonyl (C=O) groups excluding carboxylic acids is 6. The molecule has 2 aromatic carbocycles. The van der Waals surface area contributed by atoms with Gasteiger partial charge in [-0.15, -0.1) is 0 Å². The third-order valence-electron chi connectivity index (χ3n) is 14.7. The maximum absolute atomic E-state index is 14.1. The number of ether oxygens (including phenoxy) is 1. The minimum Gasteiger partial charge on any atom is -0.384 e. The van der Waals surface area contributed by atoms with Crippen molar-refractivity contribution in [2.45, 2.75) is 111 Å². The van der Waals surface area contributed by atoms with Gasteiger partial charge in [0.05, 0.1) is 23.6 Å². The maximum atomic E-state index is 14.1. The third-order valence-corrected chi connectivity index (χ3v) is 14.7. The van der Waals surface area contributed by atoms with Crippen LogP contribution in [0.5, 0.6) is 0 Å². The molecule has 7 rings (SSSR count). The van der Waals surface area contributed by atoms with Gasteiger partial charge in [0.2, 0.25) is 17.7 Å². The largest absolute Gasteiger partial charge is 0.384 e. The molecule has 2 saturated heterocycles. The Kier molecular flexibility index (Phi) is 18.7. The van der Waals surface area contributed by atoms with E-state index in [1.54, 1.807) is 18.2 Å². The zero-order valence-electron chi connectivity index (χ0n) is 42.5. The first-order valence-electron chi connectivity index (χ1n) is 25.8. The van der Waals surface area contributed by atoms with E-state index in [1.165, 1.54) is 5.56 Å². The van der Waals surface area contributed by atoms with E-state index in [0.717, 1.165) is 123 Å². The van der Waals surface area contributed by atoms with Gasteiger partial charge in [0.1, 0.15) is 12.3 Å². The molecule has 0 saturated carbocycles. The van der Waals surface area contributed by atoms with E-state index in [2.05, 4.69) is 74.9 Å². The number of hydrogen-bond acceptors (Lipinski definition) is 12. The minimum atomic E-state index is -1.19. The topological polar surface area (TPSA) is 220 Å². The summed E-state index contributed by atoms with van der Waals surface area (Å²) in [4.78, 5) is 99.9. The number of nitrogens with one attached hydrogen (secondary N) is 4. The molecule has 17 heteroatoms. The van der Waals surface area contributed by atoms with Crippen molar-refractivity contribution in [3.63, 3.8) is 0 Å². The number of rotatable bonds is 24. The van der Waals surface area contributed by atoms with Crippen molar-refractivity contribution in [2.24, 2.45) is 11.7 Å². The van der Waals surface area contributed by atoms with Crippen LogP contribution in [0.2, 0.25) is 0 Å². The number of nitrogens with two attached hydrogens (primary N) is 1. The fourth-order valence-corrected chi connectivity index (χ4v) is 10.6. The second kappa shape index (κ2) is 25.3. The van der Waals surface area contributed by atoms with E-state index in [0.29, 0.717) is 56.2 Å². The molecule has 17 nitrogen and oxygen atoms in total. The Morgan fingerprint density at radius 1 is 0.931 bits per heavy atom. The van der Waals surface area contributed by atoms with Gasteiger partial charge in [0.15, 0.2) is 0 Å². The predicted octanol–water partition coefficient (Wildman–Crippen LogP) is 4.82. The lowest BCUT2D eigenvalue weighted by Crippen LogP contribution is -2.50. The average molecular weight is 988 g/mol. The Morgan fingerprint density at radius 3 is 2.33 bits per heavy atom. The Balaban J connectivity index is 0.833. The number of aryl methyl sites for hydroxylation is 2. The van der Waals surface area contributed by atoms with Gasteiger partial charge in [-0.1, -0.05) is 43.2 Å². The highest BCUT2D eigenvalue weighted by Gasteiger charge is 2.43. The molecule has 2 unspecified atom stereocenters. The summed E-state index contributed by atoms with van der Waals surface area (Å²) < 4.78 is 5.71. The normalized spacial score (nSPS) is 17.9. The molecule has 1 aliphatic carbocycles. The predicted molar refractivity (Wildman–Crippen MR) is 277 cm³/mol. The molecule has 4 heterocycles. The summed E-state index contributed by atoms with van der Waals surface area (Å²) in [6, 6.07) is 14.7. The van der Waals surface area contributed by atoms with Crippen molar-refractivity contribution in [3.05, 3.63) is 115 Å². The summed E-state index contributed by atoms with van der Waals surface area (Å²) in [5.74, 6) is -2.38. The number of anilines is 1. The number of aromatic nitrogens is 1. The van der Waals surface area contributed by atoms with Crippen LogP contribution >= 0.6 is 0 Å². The number of benzene rings is 2. The highest BCUT2D eigenvalue weighted by atomic mass is 16.5. The van der Waals surface area contributed by atoms with E-state index < -0.39 is 23.8 Å². The molecule has 72 heavy (non-hydrogen) atoms. The van der Waals surface area contributed by atoms with Crippen LogP contribution in [0.1, 0.15) is 120 Å². The number of primary amides is 1. The quantitative estimate of drug-likeness (QED) is 0.0464. The van der Waals surface area contributed by atoms with Crippen molar-refractivity contribution in [3.8, 4) is 0 Å². The Hall–Kier alpha value is -6.43. The number of amides is 5. The number of H-pyrrole nitrogens is 1. The number of allylic oxidation sites excluding steroid dienone is 2. The smallest absolute Gasteiger partial charge is 0.264 e. The van der Waals surface area contributed by atoms with Gasteiger partial charge in [0.25, 0.3) is 17.4 Å². The first-order valence-corrected chi connectivity index (χ1v) is 25.8. The lowest BCUT2D eigenvalue weighted by atomic mass is 9.82. The van der Waals surface area contributed by atoms with Crippen molar-refractivity contribution >= 4 is 47.1 Å². The van der Waals surface area contributed by atoms with Crippen LogP contribution in [0.15, 0.2) is 70.7 Å². The van der Waals surface area contributed by atoms with Crippen LogP contribution in [-0.4, -0.2) is 138 Å². The number of unbranched alkanes of at least 4 members (excludes halogenated alkanes) is 3. The van der Waals surface area contributed by atoms with E-state index in [9.17, 15) is 33.6 Å². The standard InChI is InChI=1S/C55H73N9O8/c1-5-63(42-19-28-72-29-20-42)48-32-41(31-44(38(48)4)52(68)59-33-45-36(2)30-37(3)60-53(45)69)40-17-15-39(16-18-40)35-61-23-25-62(26-24-61)49(66)34-57-21-8-6-7-9-22-58-46-13-10-12-43-50(46)55(71)64(54(43)70)47(51(56)67)14-11-27-65/h10,12-13,15-18,27,30,32,42,44,47,57-58H,5-9,11,14,19-26,28-29,31,33-35H2,1-4H3,(H2,56,67)(H,59,68)(H,60,69). The number of hydrogen-bond donors (Lipinski definition) is 5. The van der Waals surface area contributed by atoms with E-state index in [1.807, 2.05) is 24.8 Å². The van der Waals surface area contributed by atoms with Crippen LogP contribution in [-0.2, 0) is 37.0 Å². The number of aromatic amines is 1. The van der Waals surface area contributed by atoms with E-state index in [4.69, 9.17) is 10.5 Å². The SMILES string of the molecule is CCN(C1=C(C)C(C(=O)NCc2c(C)cc(C)[nH]c2=O)CC(c2ccc(CN3CCN(C(=O)CNCCCCCCNc4cccc5c4C(=O)N(C(CCC=O)C(N)=O)C5=O)CC3)cc2)=C1)C1CCOCC1. The Bertz CT molecular complexity index is 2580. The van der Waals surface area contributed by atoms with Crippen LogP contribution in [0.3, 0.4) is 0 Å². The molecule has 1 aromatic heterocycles. The van der Waals surface area contributed by atoms with Crippen molar-refractivity contribution in [1.82, 2.24) is 35.2 Å². The summed E-state index contributed by atoms with van der Waals surface area (Å²) in [6.45, 7) is 15.7. The molecule has 2 fully saturated rings. The number of pyridine rings is 1. The first-order chi connectivity index (χ1) is 34.8. The summed E-state index contributed by atoms with van der Waals surface area (Å²) in [5.41, 5.74) is 14.0. The fraction of sp³-hybridized carbons (Fsp3) is 0.509. The van der Waals surface area contributed by atoms with Gasteiger partial charge in [-0.2, -0.15) is 0 Å². The molecule has 2 atom stereocenters. The maximum Gasteiger partial charge on any atom is 0.264 e. The molecule has 5 amide bonds. The van der Waals surface area contributed by atoms with Gasteiger partial charge in [-0.05, 0) is 125 Å². The second-order valence-corrected chi connectivity index (χ2v) is 19.5. The highest BCUT2D eigenvalue weighted by Crippen LogP contribution is 2.38. The van der Waals surface area contributed by atoms with Crippen molar-refractivity contribution < 1.29 is 33.5 Å². The van der Waals surface area contributed by atoms with Crippen LogP contribution in [0.25, 0.3) is 5.57 Å². The second-order valence-electron chi connectivity index (χ2n) is 19.5. The van der Waals surface area contributed by atoms with E-state index >= 15 is 0 Å².